The number of rotatable bonds is 15. The standard InChI is InChI=1S/C25H33NO4S2.C22H27NO5.C21H25NO3.C15H16OS2.C12H10O2/c1-23(2,3)30-22(27)26-12-5-11-24(28,17-26)25(31-13-6-14-32-25)20-9-7-19-16-21(29-4)10-8-18(19)15-20;1-21(2,3)28-20(25)23-11-5-10-22(26,14-23)19(24)17-7-6-16-13-18(27-4)9-8-15(16)12-17;1-25-19-8-7-16-11-18(6-5-17(16)12-19)20(23)21(24)9-2-10-22(14-21)13-15-3-4-15;1-16-14-6-5-11-9-13(4-3-12(11)10-14)15-17-7-2-8-18-15;1-14-12-5-4-10-6-9(8-13)2-3-11(10)7-12/h7-10,15-16,28H,5-6,11-14,17H2,1-4H3;6-9,12-13,26H,5,10-11,14H2,1-4H3;5-8,11-12,15,24H,2-4,9-10,13-14H2,1H3;3-6,9-10,15H,2,7-8H2,1H3;2-8H,1H3. The van der Waals surface area contributed by atoms with Gasteiger partial charge in [0.2, 0.25) is 0 Å². The smallest absolute Gasteiger partial charge is 0.410 e. The van der Waals surface area contributed by atoms with Gasteiger partial charge in [-0.15, -0.1) is 47.0 Å². The van der Waals surface area contributed by atoms with Gasteiger partial charge in [-0.2, -0.15) is 0 Å². The molecule has 3 unspecified atom stereocenters. The molecule has 0 bridgehead atoms. The molecule has 5 saturated heterocycles. The predicted octanol–water partition coefficient (Wildman–Crippen LogP) is 20.1. The topological polar surface area (TPSA) is 220 Å². The molecule has 22 heteroatoms. The van der Waals surface area contributed by atoms with Crippen LogP contribution in [0.15, 0.2) is 182 Å². The number of benzene rings is 10. The van der Waals surface area contributed by atoms with Crippen LogP contribution in [0.5, 0.6) is 28.7 Å². The molecule has 0 aromatic heterocycles. The van der Waals surface area contributed by atoms with Crippen molar-refractivity contribution in [1.29, 1.82) is 0 Å². The molecule has 3 atom stereocenters. The van der Waals surface area contributed by atoms with Crippen LogP contribution in [0.4, 0.5) is 9.59 Å². The third-order valence-corrected chi connectivity index (χ3v) is 28.5. The first-order valence-electron chi connectivity index (χ1n) is 40.4. The Bertz CT molecular complexity index is 5170. The van der Waals surface area contributed by atoms with E-state index in [1.807, 2.05) is 153 Å². The molecule has 0 radical (unpaired) electrons. The van der Waals surface area contributed by atoms with Crippen LogP contribution in [0, 0.1) is 5.92 Å². The number of likely N-dealkylation sites (tertiary alicyclic amines) is 3. The lowest BCUT2D eigenvalue weighted by atomic mass is 9.84. The Morgan fingerprint density at radius 2 is 0.812 bits per heavy atom. The summed E-state index contributed by atoms with van der Waals surface area (Å²) in [5.41, 5.74) is -0.836. The van der Waals surface area contributed by atoms with Gasteiger partial charge in [-0.25, -0.2) is 9.59 Å². The van der Waals surface area contributed by atoms with Gasteiger partial charge < -0.3 is 58.3 Å². The molecule has 3 N–H and O–H groups in total. The maximum atomic E-state index is 13.1. The number of aliphatic hydroxyl groups is 3. The van der Waals surface area contributed by atoms with E-state index in [-0.39, 0.29) is 30.7 Å². The summed E-state index contributed by atoms with van der Waals surface area (Å²) in [6, 6.07) is 59.3. The minimum Gasteiger partial charge on any atom is -0.497 e. The molecular weight excluding hydrogens is 1550 g/mol. The van der Waals surface area contributed by atoms with Crippen LogP contribution in [-0.4, -0.2) is 192 Å². The summed E-state index contributed by atoms with van der Waals surface area (Å²) < 4.78 is 37.3. The highest BCUT2D eigenvalue weighted by molar-refractivity contribution is 8.18. The van der Waals surface area contributed by atoms with Crippen molar-refractivity contribution in [2.45, 2.75) is 142 Å². The summed E-state index contributed by atoms with van der Waals surface area (Å²) in [6.45, 7) is 14.7. The molecule has 1 saturated carbocycles. The molecule has 117 heavy (non-hydrogen) atoms. The van der Waals surface area contributed by atoms with E-state index < -0.39 is 38.2 Å². The van der Waals surface area contributed by atoms with E-state index in [1.54, 1.807) is 79.4 Å². The first-order valence-corrected chi connectivity index (χ1v) is 44.4. The number of hydrogen-bond acceptors (Lipinski definition) is 20. The average molecular weight is 1660 g/mol. The van der Waals surface area contributed by atoms with Crippen molar-refractivity contribution >= 4 is 131 Å². The summed E-state index contributed by atoms with van der Waals surface area (Å²) in [5.74, 6) is 8.94. The Kier molecular flexibility index (Phi) is 28.9. The van der Waals surface area contributed by atoms with E-state index in [0.717, 1.165) is 133 Å². The Labute approximate surface area is 704 Å². The molecule has 5 heterocycles. The molecule has 16 rings (SSSR count). The second-order valence-electron chi connectivity index (χ2n) is 33.0. The van der Waals surface area contributed by atoms with Crippen molar-refractivity contribution in [2.75, 3.05) is 104 Å². The van der Waals surface area contributed by atoms with E-state index in [1.165, 1.54) is 52.0 Å². The first kappa shape index (κ1) is 87.6. The minimum absolute atomic E-state index is 0.0681. The number of ether oxygens (including phenoxy) is 7. The summed E-state index contributed by atoms with van der Waals surface area (Å²) in [5, 5.41) is 45.0. The van der Waals surface area contributed by atoms with Gasteiger partial charge >= 0.3 is 12.2 Å². The van der Waals surface area contributed by atoms with Crippen LogP contribution in [0.1, 0.15) is 153 Å². The van der Waals surface area contributed by atoms with Gasteiger partial charge in [0, 0.05) is 42.9 Å². The zero-order valence-corrected chi connectivity index (χ0v) is 72.4. The number of Topliss-reactive ketones (excluding diaryl/α,β-unsaturated/α-hetero) is 2. The summed E-state index contributed by atoms with van der Waals surface area (Å²) in [6.07, 6.45) is 8.72. The second-order valence-corrected chi connectivity index (χ2v) is 38.6. The molecule has 2 amide bonds. The van der Waals surface area contributed by atoms with E-state index in [2.05, 4.69) is 83.0 Å². The largest absolute Gasteiger partial charge is 0.497 e. The van der Waals surface area contributed by atoms with Crippen LogP contribution < -0.4 is 23.7 Å². The van der Waals surface area contributed by atoms with E-state index in [9.17, 15) is 39.3 Å². The van der Waals surface area contributed by atoms with E-state index >= 15 is 0 Å². The molecule has 6 fully saturated rings. The second kappa shape index (κ2) is 38.6. The van der Waals surface area contributed by atoms with Crippen LogP contribution in [0.3, 0.4) is 0 Å². The SMILES string of the molecule is COc1ccc2cc(C(=O)C3(O)CCCN(C(=O)OC(C)(C)C)C3)ccc2c1.COc1ccc2cc(C(=O)C3(O)CCCN(CC4CC4)C3)ccc2c1.COc1ccc2cc(C3(C4(O)CCCN(C(=O)OC(C)(C)C)C4)SCCCS3)ccc2c1.COc1ccc2cc(C3SCCCS3)ccc2c1.COc1ccc2cc(C=O)ccc2c1. The van der Waals surface area contributed by atoms with Crippen molar-refractivity contribution in [3.05, 3.63) is 210 Å². The highest BCUT2D eigenvalue weighted by Crippen LogP contribution is 2.59. The molecule has 5 aliphatic heterocycles. The van der Waals surface area contributed by atoms with E-state index in [0.29, 0.717) is 66.6 Å². The number of carbonyl (C=O) groups is 5. The fraction of sp³-hybridized carbons (Fsp3) is 0.421. The molecular formula is C95H111N3O15S4. The van der Waals surface area contributed by atoms with Gasteiger partial charge in [0.15, 0.2) is 11.6 Å². The number of ketones is 2. The Morgan fingerprint density at radius 1 is 0.427 bits per heavy atom. The molecule has 6 aliphatic rings. The fourth-order valence-electron chi connectivity index (χ4n) is 15.6. The normalized spacial score (nSPS) is 20.3. The zero-order chi connectivity index (χ0) is 83.3. The summed E-state index contributed by atoms with van der Waals surface area (Å²) >= 11 is 7.79. The minimum atomic E-state index is -1.62. The van der Waals surface area contributed by atoms with Crippen LogP contribution in [0.2, 0.25) is 0 Å². The number of hydrogen-bond donors (Lipinski definition) is 3. The lowest BCUT2D eigenvalue weighted by molar-refractivity contribution is -0.0502. The highest BCUT2D eigenvalue weighted by Gasteiger charge is 2.56. The number of thioether (sulfide) groups is 4. The maximum absolute atomic E-state index is 13.1. The van der Waals surface area contributed by atoms with Gasteiger partial charge in [-0.1, -0.05) is 91.0 Å². The van der Waals surface area contributed by atoms with Crippen molar-refractivity contribution in [1.82, 2.24) is 14.7 Å². The molecule has 0 spiro atoms. The first-order chi connectivity index (χ1) is 56.0. The predicted molar refractivity (Wildman–Crippen MR) is 477 cm³/mol. The summed E-state index contributed by atoms with van der Waals surface area (Å²) in [4.78, 5) is 67.2. The third-order valence-electron chi connectivity index (χ3n) is 21.8. The van der Waals surface area contributed by atoms with E-state index in [4.69, 9.17) is 33.2 Å². The van der Waals surface area contributed by atoms with Crippen molar-refractivity contribution < 1.29 is 72.5 Å². The molecule has 18 nitrogen and oxygen atoms in total. The molecule has 10 aromatic carbocycles. The van der Waals surface area contributed by atoms with Gasteiger partial charge in [0.1, 0.15) is 67.1 Å². The maximum Gasteiger partial charge on any atom is 0.410 e. The number of aldehydes is 1. The number of β-amino-alcohol motifs (C(OH)–C–C–N with tert-alkyl or cyclic N) is 3. The van der Waals surface area contributed by atoms with Gasteiger partial charge in [0.05, 0.1) is 53.2 Å². The van der Waals surface area contributed by atoms with Crippen molar-refractivity contribution in [2.24, 2.45) is 5.92 Å². The number of amides is 2. The quantitative estimate of drug-likeness (QED) is 0.0641. The number of methoxy groups -OCH3 is 5. The number of piperidine rings is 3. The van der Waals surface area contributed by atoms with Gasteiger partial charge in [-0.3, -0.25) is 19.3 Å². The van der Waals surface area contributed by atoms with Gasteiger partial charge in [-0.05, 0) is 297 Å². The fourth-order valence-corrected chi connectivity index (χ4v) is 22.1. The Hall–Kier alpha value is -8.71. The number of fused-ring (bicyclic) bond motifs is 5. The number of nitrogens with zero attached hydrogens (tertiary/aromatic N) is 3. The highest BCUT2D eigenvalue weighted by atomic mass is 32.2. The van der Waals surface area contributed by atoms with Gasteiger partial charge in [0.25, 0.3) is 0 Å². The van der Waals surface area contributed by atoms with Crippen LogP contribution in [0.25, 0.3) is 53.9 Å². The molecule has 10 aromatic rings. The van der Waals surface area contributed by atoms with Crippen LogP contribution >= 0.6 is 47.0 Å². The van der Waals surface area contributed by atoms with Crippen LogP contribution in [-0.2, 0) is 13.6 Å². The lowest BCUT2D eigenvalue weighted by Crippen LogP contribution is -2.60. The monoisotopic (exact) mass is 1660 g/mol. The van der Waals surface area contributed by atoms with Crippen molar-refractivity contribution in [3.8, 4) is 28.7 Å². The molecule has 1 aliphatic carbocycles. The average Bonchev–Trinajstić information content (AvgIpc) is 1.54. The van der Waals surface area contributed by atoms with Crippen molar-refractivity contribution in [3.63, 3.8) is 0 Å². The lowest BCUT2D eigenvalue weighted by Gasteiger charge is -2.52. The number of carbonyl (C=O) groups excluding carboxylic acids is 5. The third kappa shape index (κ3) is 22.2. The molecule has 620 valence electrons. The Morgan fingerprint density at radius 3 is 1.27 bits per heavy atom. The Balaban J connectivity index is 0.000000138. The zero-order valence-electron chi connectivity index (χ0n) is 69.1. The summed E-state index contributed by atoms with van der Waals surface area (Å²) in [7, 11) is 8.28.